The zero-order chi connectivity index (χ0) is 23.0. The van der Waals surface area contributed by atoms with Crippen molar-refractivity contribution in [3.8, 4) is 0 Å². The maximum absolute atomic E-state index is 11.0. The molecule has 6 rings (SSSR count). The number of ketones is 1. The first-order valence-electron chi connectivity index (χ1n) is 14.1. The molecular formula is C32H54O3. The summed E-state index contributed by atoms with van der Waals surface area (Å²) in [6, 6.07) is 0. The Kier molecular flexibility index (Phi) is 13.0. The van der Waals surface area contributed by atoms with Crippen LogP contribution in [0.2, 0.25) is 0 Å². The standard InChI is InChI=1S/2C10H16O.C10H14O.2CH4/c3*11-10-6-5-8-3-1-2-4-9(8)7-10;;/h2*7-8,10-11H,1-6H2;7-8H,1-6H2;2*1H4/t8?,10-;8-,10-;8-;;/m000../s1. The zero-order valence-corrected chi connectivity index (χ0v) is 20.6. The van der Waals surface area contributed by atoms with Gasteiger partial charge in [0.05, 0.1) is 12.2 Å². The fourth-order valence-electron chi connectivity index (χ4n) is 6.95. The van der Waals surface area contributed by atoms with Gasteiger partial charge in [-0.25, -0.2) is 0 Å². The van der Waals surface area contributed by atoms with Crippen LogP contribution in [0.15, 0.2) is 34.9 Å². The monoisotopic (exact) mass is 486 g/mol. The molecular weight excluding hydrogens is 432 g/mol. The minimum absolute atomic E-state index is 0. The molecule has 3 heteroatoms. The summed E-state index contributed by atoms with van der Waals surface area (Å²) in [6.07, 6.45) is 28.2. The molecule has 200 valence electrons. The Bertz CT molecular complexity index is 706. The first kappa shape index (κ1) is 30.0. The van der Waals surface area contributed by atoms with Crippen molar-refractivity contribution < 1.29 is 15.0 Å². The quantitative estimate of drug-likeness (QED) is 0.339. The number of aliphatic hydroxyl groups is 2. The van der Waals surface area contributed by atoms with E-state index in [0.717, 1.165) is 43.4 Å². The highest BCUT2D eigenvalue weighted by molar-refractivity contribution is 5.91. The highest BCUT2D eigenvalue weighted by atomic mass is 16.3. The van der Waals surface area contributed by atoms with Gasteiger partial charge >= 0.3 is 0 Å². The second-order valence-corrected chi connectivity index (χ2v) is 11.3. The van der Waals surface area contributed by atoms with Gasteiger partial charge in [0.2, 0.25) is 0 Å². The van der Waals surface area contributed by atoms with E-state index in [0.29, 0.717) is 5.78 Å². The molecule has 0 heterocycles. The fraction of sp³-hybridized carbons (Fsp3) is 0.781. The van der Waals surface area contributed by atoms with Crippen molar-refractivity contribution in [1.82, 2.24) is 0 Å². The molecule has 0 bridgehead atoms. The summed E-state index contributed by atoms with van der Waals surface area (Å²) in [6.45, 7) is 0. The van der Waals surface area contributed by atoms with E-state index in [1.807, 2.05) is 6.08 Å². The van der Waals surface area contributed by atoms with E-state index in [1.165, 1.54) is 95.5 Å². The average molecular weight is 487 g/mol. The predicted molar refractivity (Wildman–Crippen MR) is 148 cm³/mol. The topological polar surface area (TPSA) is 57.5 Å². The van der Waals surface area contributed by atoms with Crippen LogP contribution in [0.3, 0.4) is 0 Å². The molecule has 3 saturated carbocycles. The number of carbonyl (C=O) groups excluding carboxylic acids is 1. The average Bonchev–Trinajstić information content (AvgIpc) is 2.84. The van der Waals surface area contributed by atoms with E-state index in [-0.39, 0.29) is 27.1 Å². The van der Waals surface area contributed by atoms with E-state index in [2.05, 4.69) is 12.2 Å². The van der Waals surface area contributed by atoms with Gasteiger partial charge in [0.15, 0.2) is 5.78 Å². The molecule has 6 aliphatic rings. The molecule has 2 N–H and O–H groups in total. The Morgan fingerprint density at radius 2 is 0.943 bits per heavy atom. The lowest BCUT2D eigenvalue weighted by Crippen LogP contribution is -2.20. The van der Waals surface area contributed by atoms with Gasteiger partial charge in [-0.1, -0.05) is 63.0 Å². The molecule has 0 saturated heterocycles. The van der Waals surface area contributed by atoms with Crippen molar-refractivity contribution >= 4 is 5.78 Å². The Labute approximate surface area is 216 Å². The lowest BCUT2D eigenvalue weighted by atomic mass is 9.77. The van der Waals surface area contributed by atoms with Gasteiger partial charge in [-0.3, -0.25) is 4.79 Å². The molecule has 5 atom stereocenters. The van der Waals surface area contributed by atoms with E-state index >= 15 is 0 Å². The lowest BCUT2D eigenvalue weighted by molar-refractivity contribution is -0.115. The molecule has 0 radical (unpaired) electrons. The molecule has 0 spiro atoms. The van der Waals surface area contributed by atoms with Crippen molar-refractivity contribution in [2.45, 2.75) is 143 Å². The van der Waals surface area contributed by atoms with Crippen molar-refractivity contribution in [3.05, 3.63) is 34.9 Å². The van der Waals surface area contributed by atoms with Crippen LogP contribution in [0.4, 0.5) is 0 Å². The predicted octanol–water partition coefficient (Wildman–Crippen LogP) is 8.25. The van der Waals surface area contributed by atoms with Gasteiger partial charge < -0.3 is 10.2 Å². The Morgan fingerprint density at radius 3 is 1.43 bits per heavy atom. The van der Waals surface area contributed by atoms with Crippen LogP contribution in [0, 0.1) is 17.8 Å². The smallest absolute Gasteiger partial charge is 0.155 e. The number of carbonyl (C=O) groups is 1. The summed E-state index contributed by atoms with van der Waals surface area (Å²) in [4.78, 5) is 11.0. The summed E-state index contributed by atoms with van der Waals surface area (Å²) in [5, 5.41) is 18.7. The highest BCUT2D eigenvalue weighted by Crippen LogP contribution is 2.37. The van der Waals surface area contributed by atoms with E-state index in [1.54, 1.807) is 11.1 Å². The van der Waals surface area contributed by atoms with E-state index < -0.39 is 0 Å². The number of aliphatic hydroxyl groups excluding tert-OH is 2. The Hall–Kier alpha value is -1.19. The first-order valence-corrected chi connectivity index (χ1v) is 14.1. The van der Waals surface area contributed by atoms with Gasteiger partial charge in [0.25, 0.3) is 0 Å². The van der Waals surface area contributed by atoms with Crippen molar-refractivity contribution in [1.29, 1.82) is 0 Å². The molecule has 0 aromatic rings. The lowest BCUT2D eigenvalue weighted by Gasteiger charge is -2.30. The maximum atomic E-state index is 11.0. The second-order valence-electron chi connectivity index (χ2n) is 11.3. The Balaban J connectivity index is 0.000000180. The largest absolute Gasteiger partial charge is 0.389 e. The maximum Gasteiger partial charge on any atom is 0.155 e. The number of hydrogen-bond acceptors (Lipinski definition) is 3. The SMILES string of the molecule is C.C.O=C1C=C2CCCC[C@H]2CC1.O[C@@H]1C=C2CCCCC2CC1.O[C@@H]1C=C2CCCC[C@H]2CC1. The third kappa shape index (κ3) is 9.01. The van der Waals surface area contributed by atoms with E-state index in [9.17, 15) is 15.0 Å². The fourth-order valence-corrected chi connectivity index (χ4v) is 6.95. The Morgan fingerprint density at radius 1 is 0.514 bits per heavy atom. The summed E-state index contributed by atoms with van der Waals surface area (Å²) < 4.78 is 0. The molecule has 1 unspecified atom stereocenters. The molecule has 3 nitrogen and oxygen atoms in total. The highest BCUT2D eigenvalue weighted by Gasteiger charge is 2.25. The van der Waals surface area contributed by atoms with Crippen LogP contribution in [-0.2, 0) is 4.79 Å². The summed E-state index contributed by atoms with van der Waals surface area (Å²) >= 11 is 0. The van der Waals surface area contributed by atoms with Gasteiger partial charge in [0, 0.05) is 6.42 Å². The third-order valence-electron chi connectivity index (χ3n) is 8.90. The summed E-state index contributed by atoms with van der Waals surface area (Å²) in [5.41, 5.74) is 4.55. The number of allylic oxidation sites excluding steroid dienone is 4. The first-order chi connectivity index (χ1) is 16.1. The van der Waals surface area contributed by atoms with Gasteiger partial charge in [-0.2, -0.15) is 0 Å². The molecule has 6 aliphatic carbocycles. The molecule has 0 aromatic carbocycles. The van der Waals surface area contributed by atoms with Gasteiger partial charge in [-0.15, -0.1) is 0 Å². The van der Waals surface area contributed by atoms with Crippen LogP contribution in [0.1, 0.15) is 130 Å². The zero-order valence-electron chi connectivity index (χ0n) is 20.6. The summed E-state index contributed by atoms with van der Waals surface area (Å²) in [5.74, 6) is 2.82. The molecule has 0 aromatic heterocycles. The van der Waals surface area contributed by atoms with Gasteiger partial charge in [0.1, 0.15) is 0 Å². The minimum Gasteiger partial charge on any atom is -0.389 e. The number of fused-ring (bicyclic) bond motifs is 3. The van der Waals surface area contributed by atoms with Gasteiger partial charge in [-0.05, 0) is 114 Å². The number of hydrogen-bond donors (Lipinski definition) is 2. The molecule has 0 aliphatic heterocycles. The van der Waals surface area contributed by atoms with Crippen molar-refractivity contribution in [2.75, 3.05) is 0 Å². The molecule has 0 amide bonds. The van der Waals surface area contributed by atoms with Crippen LogP contribution in [0.25, 0.3) is 0 Å². The van der Waals surface area contributed by atoms with Crippen LogP contribution < -0.4 is 0 Å². The summed E-state index contributed by atoms with van der Waals surface area (Å²) in [7, 11) is 0. The number of rotatable bonds is 0. The van der Waals surface area contributed by atoms with Crippen molar-refractivity contribution in [3.63, 3.8) is 0 Å². The van der Waals surface area contributed by atoms with Crippen LogP contribution in [0.5, 0.6) is 0 Å². The molecule has 3 fully saturated rings. The van der Waals surface area contributed by atoms with Crippen LogP contribution >= 0.6 is 0 Å². The molecule has 35 heavy (non-hydrogen) atoms. The second kappa shape index (κ2) is 15.2. The van der Waals surface area contributed by atoms with Crippen molar-refractivity contribution in [2.24, 2.45) is 17.8 Å². The minimum atomic E-state index is -0.126. The normalized spacial score (nSPS) is 33.5. The van der Waals surface area contributed by atoms with E-state index in [4.69, 9.17) is 0 Å². The third-order valence-corrected chi connectivity index (χ3v) is 8.90. The van der Waals surface area contributed by atoms with Crippen LogP contribution in [-0.4, -0.2) is 28.2 Å².